The van der Waals surface area contributed by atoms with Crippen molar-refractivity contribution >= 4 is 0 Å². The molecular formula is C16H26O4. The van der Waals surface area contributed by atoms with E-state index in [1.165, 1.54) is 6.07 Å². The molecule has 1 aromatic rings. The number of hydrogen-bond donors (Lipinski definition) is 2. The van der Waals surface area contributed by atoms with E-state index in [9.17, 15) is 10.2 Å². The summed E-state index contributed by atoms with van der Waals surface area (Å²) in [4.78, 5) is 0. The summed E-state index contributed by atoms with van der Waals surface area (Å²) in [5.74, 6) is -1.30. The standard InChI is InChI=1S/C16H26O4/c1-4-7-8-12-16(19-5-2,20-6-3)13-10-9-11-14(17)15(13)18/h9-11,17-18H,4-8,12H2,1-3H3. The van der Waals surface area contributed by atoms with Gasteiger partial charge in [0.05, 0.1) is 5.56 Å². The first-order chi connectivity index (χ1) is 9.61. The first-order valence-corrected chi connectivity index (χ1v) is 7.40. The van der Waals surface area contributed by atoms with Crippen LogP contribution in [0.25, 0.3) is 0 Å². The van der Waals surface area contributed by atoms with E-state index in [2.05, 4.69) is 6.92 Å². The molecule has 0 aliphatic heterocycles. The van der Waals surface area contributed by atoms with Crippen LogP contribution in [-0.2, 0) is 15.3 Å². The zero-order valence-electron chi connectivity index (χ0n) is 12.7. The fourth-order valence-electron chi connectivity index (χ4n) is 2.39. The van der Waals surface area contributed by atoms with Crippen LogP contribution in [0, 0.1) is 0 Å². The van der Waals surface area contributed by atoms with Crippen molar-refractivity contribution in [1.82, 2.24) is 0 Å². The van der Waals surface area contributed by atoms with Gasteiger partial charge in [0.15, 0.2) is 17.3 Å². The summed E-state index contributed by atoms with van der Waals surface area (Å²) >= 11 is 0. The topological polar surface area (TPSA) is 58.9 Å². The molecule has 0 heterocycles. The number of rotatable bonds is 9. The van der Waals surface area contributed by atoms with Crippen LogP contribution in [-0.4, -0.2) is 23.4 Å². The second-order valence-electron chi connectivity index (χ2n) is 4.75. The minimum absolute atomic E-state index is 0.151. The lowest BCUT2D eigenvalue weighted by molar-refractivity contribution is -0.248. The van der Waals surface area contributed by atoms with Crippen molar-refractivity contribution in [3.8, 4) is 11.5 Å². The summed E-state index contributed by atoms with van der Waals surface area (Å²) in [7, 11) is 0. The number of aromatic hydroxyl groups is 2. The van der Waals surface area contributed by atoms with Gasteiger partial charge in [-0.15, -0.1) is 0 Å². The Hall–Kier alpha value is -1.26. The van der Waals surface area contributed by atoms with Gasteiger partial charge < -0.3 is 19.7 Å². The molecule has 0 fully saturated rings. The lowest BCUT2D eigenvalue weighted by atomic mass is 9.97. The SMILES string of the molecule is CCCCCC(OCC)(OCC)c1cccc(O)c1O. The van der Waals surface area contributed by atoms with Gasteiger partial charge in [-0.05, 0) is 32.4 Å². The minimum atomic E-state index is -0.985. The van der Waals surface area contributed by atoms with Crippen molar-refractivity contribution in [3.05, 3.63) is 23.8 Å². The molecule has 1 rings (SSSR count). The Bertz CT molecular complexity index is 397. The van der Waals surface area contributed by atoms with Gasteiger partial charge in [-0.2, -0.15) is 0 Å². The van der Waals surface area contributed by atoms with E-state index >= 15 is 0 Å². The van der Waals surface area contributed by atoms with Gasteiger partial charge in [0.1, 0.15) is 0 Å². The Balaban J connectivity index is 3.14. The number of benzene rings is 1. The van der Waals surface area contributed by atoms with E-state index in [1.54, 1.807) is 12.1 Å². The third-order valence-electron chi connectivity index (χ3n) is 3.29. The largest absolute Gasteiger partial charge is 0.504 e. The Morgan fingerprint density at radius 1 is 1.00 bits per heavy atom. The number of hydrogen-bond acceptors (Lipinski definition) is 4. The van der Waals surface area contributed by atoms with Crippen molar-refractivity contribution in [1.29, 1.82) is 0 Å². The molecule has 2 N–H and O–H groups in total. The van der Waals surface area contributed by atoms with Gasteiger partial charge in [-0.1, -0.05) is 25.8 Å². The second-order valence-corrected chi connectivity index (χ2v) is 4.75. The lowest BCUT2D eigenvalue weighted by Gasteiger charge is -2.34. The summed E-state index contributed by atoms with van der Waals surface area (Å²) < 4.78 is 11.7. The molecule has 0 bridgehead atoms. The summed E-state index contributed by atoms with van der Waals surface area (Å²) in [6.45, 7) is 6.87. The van der Waals surface area contributed by atoms with E-state index in [4.69, 9.17) is 9.47 Å². The van der Waals surface area contributed by atoms with Gasteiger partial charge in [0, 0.05) is 19.6 Å². The van der Waals surface area contributed by atoms with Gasteiger partial charge in [0.25, 0.3) is 0 Å². The van der Waals surface area contributed by atoms with Crippen LogP contribution in [0.4, 0.5) is 0 Å². The normalized spacial score (nSPS) is 11.8. The Morgan fingerprint density at radius 3 is 2.20 bits per heavy atom. The fraction of sp³-hybridized carbons (Fsp3) is 0.625. The second kappa shape index (κ2) is 8.12. The quantitative estimate of drug-likeness (QED) is 0.409. The zero-order valence-corrected chi connectivity index (χ0v) is 12.7. The Morgan fingerprint density at radius 2 is 1.65 bits per heavy atom. The molecule has 114 valence electrons. The molecule has 20 heavy (non-hydrogen) atoms. The molecule has 4 heteroatoms. The molecule has 0 saturated carbocycles. The maximum Gasteiger partial charge on any atom is 0.198 e. The molecule has 1 aromatic carbocycles. The van der Waals surface area contributed by atoms with Gasteiger partial charge >= 0.3 is 0 Å². The van der Waals surface area contributed by atoms with E-state index in [0.717, 1.165) is 19.3 Å². The molecule has 0 amide bonds. The Labute approximate surface area is 121 Å². The number of ether oxygens (including phenoxy) is 2. The van der Waals surface area contributed by atoms with Gasteiger partial charge in [-0.3, -0.25) is 0 Å². The molecule has 0 aliphatic carbocycles. The van der Waals surface area contributed by atoms with Crippen LogP contribution >= 0.6 is 0 Å². The molecule has 0 saturated heterocycles. The first-order valence-electron chi connectivity index (χ1n) is 7.40. The number of unbranched alkanes of at least 4 members (excludes halogenated alkanes) is 2. The van der Waals surface area contributed by atoms with Crippen LogP contribution in [0.3, 0.4) is 0 Å². The summed E-state index contributed by atoms with van der Waals surface area (Å²) in [6, 6.07) is 4.89. The predicted octanol–water partition coefficient (Wildman–Crippen LogP) is 3.90. The molecular weight excluding hydrogens is 256 g/mol. The highest BCUT2D eigenvalue weighted by atomic mass is 16.7. The monoisotopic (exact) mass is 282 g/mol. The Kier molecular flexibility index (Phi) is 6.82. The number of para-hydroxylation sites is 1. The lowest BCUT2D eigenvalue weighted by Crippen LogP contribution is -2.33. The molecule has 4 nitrogen and oxygen atoms in total. The maximum atomic E-state index is 10.1. The van der Waals surface area contributed by atoms with Crippen LogP contribution < -0.4 is 0 Å². The van der Waals surface area contributed by atoms with Crippen molar-refractivity contribution in [2.24, 2.45) is 0 Å². The fourth-order valence-corrected chi connectivity index (χ4v) is 2.39. The van der Waals surface area contributed by atoms with Crippen molar-refractivity contribution in [2.75, 3.05) is 13.2 Å². The molecule has 0 atom stereocenters. The van der Waals surface area contributed by atoms with E-state index in [0.29, 0.717) is 25.2 Å². The van der Waals surface area contributed by atoms with Crippen LogP contribution in [0.5, 0.6) is 11.5 Å². The molecule has 0 unspecified atom stereocenters. The van der Waals surface area contributed by atoms with Crippen molar-refractivity contribution < 1.29 is 19.7 Å². The van der Waals surface area contributed by atoms with E-state index in [1.807, 2.05) is 13.8 Å². The third-order valence-corrected chi connectivity index (χ3v) is 3.29. The third kappa shape index (κ3) is 3.87. The maximum absolute atomic E-state index is 10.1. The molecule has 0 radical (unpaired) electrons. The molecule has 0 spiro atoms. The van der Waals surface area contributed by atoms with Crippen LogP contribution in [0.2, 0.25) is 0 Å². The average molecular weight is 282 g/mol. The van der Waals surface area contributed by atoms with Crippen LogP contribution in [0.1, 0.15) is 52.0 Å². The van der Waals surface area contributed by atoms with Crippen LogP contribution in [0.15, 0.2) is 18.2 Å². The number of phenols is 2. The highest BCUT2D eigenvalue weighted by molar-refractivity contribution is 5.46. The average Bonchev–Trinajstić information content (AvgIpc) is 2.42. The summed E-state index contributed by atoms with van der Waals surface area (Å²) in [6.07, 6.45) is 3.76. The highest BCUT2D eigenvalue weighted by Gasteiger charge is 2.36. The zero-order chi connectivity index (χ0) is 15.0. The van der Waals surface area contributed by atoms with E-state index in [-0.39, 0.29) is 11.5 Å². The first kappa shape index (κ1) is 16.8. The van der Waals surface area contributed by atoms with Crippen molar-refractivity contribution in [3.63, 3.8) is 0 Å². The molecule has 0 aliphatic rings. The van der Waals surface area contributed by atoms with E-state index < -0.39 is 5.79 Å². The predicted molar refractivity (Wildman–Crippen MR) is 78.8 cm³/mol. The summed E-state index contributed by atoms with van der Waals surface area (Å²) in [5, 5.41) is 19.8. The minimum Gasteiger partial charge on any atom is -0.504 e. The smallest absolute Gasteiger partial charge is 0.198 e. The summed E-state index contributed by atoms with van der Waals surface area (Å²) in [5.41, 5.74) is 0.498. The van der Waals surface area contributed by atoms with Gasteiger partial charge in [-0.25, -0.2) is 0 Å². The van der Waals surface area contributed by atoms with Gasteiger partial charge in [0.2, 0.25) is 0 Å². The highest BCUT2D eigenvalue weighted by Crippen LogP contribution is 2.41. The molecule has 0 aromatic heterocycles. The van der Waals surface area contributed by atoms with Crippen molar-refractivity contribution in [2.45, 2.75) is 52.2 Å². The number of phenolic OH excluding ortho intramolecular Hbond substituents is 2.